The second-order valence-electron chi connectivity index (χ2n) is 4.89. The van der Waals surface area contributed by atoms with Crippen LogP contribution in [0.3, 0.4) is 0 Å². The van der Waals surface area contributed by atoms with Gasteiger partial charge < -0.3 is 10.1 Å². The second kappa shape index (κ2) is 5.83. The smallest absolute Gasteiger partial charge is 0.221 e. The molecule has 0 amide bonds. The van der Waals surface area contributed by atoms with Crippen molar-refractivity contribution in [2.24, 2.45) is 0 Å². The number of hydrogen-bond acceptors (Lipinski definition) is 3. The summed E-state index contributed by atoms with van der Waals surface area (Å²) in [4.78, 5) is 4.49. The normalized spacial score (nSPS) is 10.6. The van der Waals surface area contributed by atoms with E-state index in [2.05, 4.69) is 34.6 Å². The third kappa shape index (κ3) is 2.82. The maximum atomic E-state index is 5.67. The Morgan fingerprint density at radius 3 is 2.57 bits per heavy atom. The number of hydrogen-bond donors (Lipinski definition) is 1. The number of anilines is 2. The predicted molar refractivity (Wildman–Crippen MR) is 87.4 cm³/mol. The van der Waals surface area contributed by atoms with Crippen LogP contribution in [0.2, 0.25) is 0 Å². The summed E-state index contributed by atoms with van der Waals surface area (Å²) in [5, 5.41) is 5.61. The number of benzene rings is 2. The van der Waals surface area contributed by atoms with Gasteiger partial charge in [0.15, 0.2) is 0 Å². The lowest BCUT2D eigenvalue weighted by molar-refractivity contribution is 0.331. The van der Waals surface area contributed by atoms with Crippen molar-refractivity contribution >= 4 is 22.1 Å². The van der Waals surface area contributed by atoms with E-state index in [-0.39, 0.29) is 0 Å². The van der Waals surface area contributed by atoms with Gasteiger partial charge in [0.2, 0.25) is 5.88 Å². The summed E-state index contributed by atoms with van der Waals surface area (Å²) in [5.74, 6) is 0.698. The van der Waals surface area contributed by atoms with Crippen LogP contribution >= 0.6 is 0 Å². The van der Waals surface area contributed by atoms with Gasteiger partial charge in [-0.3, -0.25) is 0 Å². The summed E-state index contributed by atoms with van der Waals surface area (Å²) >= 11 is 0. The molecule has 0 unspecified atom stereocenters. The SMILES string of the molecule is CCOc1nc(C)cc2c(Nc3ccccc3)cccc12. The number of nitrogens with one attached hydrogen (secondary N) is 1. The zero-order valence-corrected chi connectivity index (χ0v) is 12.3. The third-order valence-corrected chi connectivity index (χ3v) is 3.30. The minimum atomic E-state index is 0.613. The van der Waals surface area contributed by atoms with E-state index in [0.717, 1.165) is 27.8 Å². The first kappa shape index (κ1) is 13.4. The summed E-state index contributed by atoms with van der Waals surface area (Å²) in [6, 6.07) is 18.4. The van der Waals surface area contributed by atoms with E-state index in [1.54, 1.807) is 0 Å². The minimum absolute atomic E-state index is 0.613. The fourth-order valence-electron chi connectivity index (χ4n) is 2.40. The summed E-state index contributed by atoms with van der Waals surface area (Å²) in [5.41, 5.74) is 3.08. The van der Waals surface area contributed by atoms with Gasteiger partial charge in [-0.05, 0) is 44.2 Å². The highest BCUT2D eigenvalue weighted by Crippen LogP contribution is 2.31. The number of aryl methyl sites for hydroxylation is 1. The van der Waals surface area contributed by atoms with Crippen molar-refractivity contribution in [2.75, 3.05) is 11.9 Å². The molecule has 3 rings (SSSR count). The van der Waals surface area contributed by atoms with Gasteiger partial charge in [0.05, 0.1) is 6.61 Å². The minimum Gasteiger partial charge on any atom is -0.478 e. The molecule has 0 radical (unpaired) electrons. The lowest BCUT2D eigenvalue weighted by Crippen LogP contribution is -1.98. The quantitative estimate of drug-likeness (QED) is 0.752. The summed E-state index contributed by atoms with van der Waals surface area (Å²) in [7, 11) is 0. The molecule has 0 saturated heterocycles. The molecule has 0 fully saturated rings. The fraction of sp³-hybridized carbons (Fsp3) is 0.167. The van der Waals surface area contributed by atoms with Crippen molar-refractivity contribution in [1.82, 2.24) is 4.98 Å². The Morgan fingerprint density at radius 1 is 1.00 bits per heavy atom. The van der Waals surface area contributed by atoms with Crippen LogP contribution in [0.4, 0.5) is 11.4 Å². The Kier molecular flexibility index (Phi) is 3.73. The van der Waals surface area contributed by atoms with E-state index in [1.807, 2.05) is 44.2 Å². The molecule has 1 aromatic heterocycles. The molecular weight excluding hydrogens is 260 g/mol. The molecule has 106 valence electrons. The first-order valence-corrected chi connectivity index (χ1v) is 7.13. The van der Waals surface area contributed by atoms with E-state index >= 15 is 0 Å². The largest absolute Gasteiger partial charge is 0.478 e. The van der Waals surface area contributed by atoms with Crippen LogP contribution < -0.4 is 10.1 Å². The molecule has 0 bridgehead atoms. The van der Waals surface area contributed by atoms with Crippen LogP contribution in [0.5, 0.6) is 5.88 Å². The molecule has 2 aromatic carbocycles. The summed E-state index contributed by atoms with van der Waals surface area (Å²) in [6.45, 7) is 4.57. The molecule has 0 aliphatic rings. The van der Waals surface area contributed by atoms with Gasteiger partial charge in [-0.25, -0.2) is 4.98 Å². The molecule has 0 saturated carbocycles. The van der Waals surface area contributed by atoms with Crippen molar-refractivity contribution in [3.8, 4) is 5.88 Å². The van der Waals surface area contributed by atoms with Gasteiger partial charge in [0, 0.05) is 27.8 Å². The van der Waals surface area contributed by atoms with E-state index in [4.69, 9.17) is 4.74 Å². The van der Waals surface area contributed by atoms with E-state index < -0.39 is 0 Å². The topological polar surface area (TPSA) is 34.1 Å². The van der Waals surface area contributed by atoms with E-state index in [0.29, 0.717) is 12.5 Å². The molecule has 3 nitrogen and oxygen atoms in total. The van der Waals surface area contributed by atoms with Crippen LogP contribution in [0.25, 0.3) is 10.8 Å². The van der Waals surface area contributed by atoms with Crippen LogP contribution in [0.1, 0.15) is 12.6 Å². The van der Waals surface area contributed by atoms with Gasteiger partial charge in [-0.2, -0.15) is 0 Å². The molecule has 0 atom stereocenters. The van der Waals surface area contributed by atoms with Crippen LogP contribution in [0, 0.1) is 6.92 Å². The number of ether oxygens (including phenoxy) is 1. The average molecular weight is 278 g/mol. The first-order valence-electron chi connectivity index (χ1n) is 7.13. The zero-order valence-electron chi connectivity index (χ0n) is 12.3. The average Bonchev–Trinajstić information content (AvgIpc) is 2.49. The lowest BCUT2D eigenvalue weighted by atomic mass is 10.1. The lowest BCUT2D eigenvalue weighted by Gasteiger charge is -2.13. The van der Waals surface area contributed by atoms with Gasteiger partial charge in [-0.1, -0.05) is 24.3 Å². The molecule has 21 heavy (non-hydrogen) atoms. The maximum Gasteiger partial charge on any atom is 0.221 e. The summed E-state index contributed by atoms with van der Waals surface area (Å²) < 4.78 is 5.67. The number of aromatic nitrogens is 1. The Bertz CT molecular complexity index is 754. The number of rotatable bonds is 4. The Labute approximate surface area is 124 Å². The van der Waals surface area contributed by atoms with E-state index in [9.17, 15) is 0 Å². The molecular formula is C18H18N2O. The Hall–Kier alpha value is -2.55. The Morgan fingerprint density at radius 2 is 1.81 bits per heavy atom. The Balaban J connectivity index is 2.11. The zero-order chi connectivity index (χ0) is 14.7. The van der Waals surface area contributed by atoms with Gasteiger partial charge in [-0.15, -0.1) is 0 Å². The third-order valence-electron chi connectivity index (χ3n) is 3.30. The van der Waals surface area contributed by atoms with Crippen molar-refractivity contribution in [1.29, 1.82) is 0 Å². The molecule has 0 spiro atoms. The standard InChI is InChI=1S/C18H18N2O/c1-3-21-18-15-10-7-11-17(16(15)12-13(2)19-18)20-14-8-5-4-6-9-14/h4-12,20H,3H2,1-2H3. The molecule has 3 heteroatoms. The van der Waals surface area contributed by atoms with Crippen LogP contribution in [0.15, 0.2) is 54.6 Å². The molecule has 1 heterocycles. The van der Waals surface area contributed by atoms with Gasteiger partial charge >= 0.3 is 0 Å². The van der Waals surface area contributed by atoms with Crippen molar-refractivity contribution < 1.29 is 4.74 Å². The highest BCUT2D eigenvalue weighted by Gasteiger charge is 2.08. The van der Waals surface area contributed by atoms with Crippen molar-refractivity contribution in [2.45, 2.75) is 13.8 Å². The number of para-hydroxylation sites is 1. The highest BCUT2D eigenvalue weighted by molar-refractivity contribution is 5.98. The fourth-order valence-corrected chi connectivity index (χ4v) is 2.40. The number of pyridine rings is 1. The molecule has 3 aromatic rings. The van der Waals surface area contributed by atoms with Gasteiger partial charge in [0.1, 0.15) is 0 Å². The monoisotopic (exact) mass is 278 g/mol. The summed E-state index contributed by atoms with van der Waals surface area (Å²) in [6.07, 6.45) is 0. The van der Waals surface area contributed by atoms with Crippen LogP contribution in [-0.4, -0.2) is 11.6 Å². The first-order chi connectivity index (χ1) is 10.3. The molecule has 0 aliphatic heterocycles. The van der Waals surface area contributed by atoms with Crippen molar-refractivity contribution in [3.05, 3.63) is 60.3 Å². The number of fused-ring (bicyclic) bond motifs is 1. The number of nitrogens with zero attached hydrogens (tertiary/aromatic N) is 1. The molecule has 0 aliphatic carbocycles. The van der Waals surface area contributed by atoms with Crippen molar-refractivity contribution in [3.63, 3.8) is 0 Å². The molecule has 1 N–H and O–H groups in total. The van der Waals surface area contributed by atoms with Gasteiger partial charge in [0.25, 0.3) is 0 Å². The predicted octanol–water partition coefficient (Wildman–Crippen LogP) is 4.69. The second-order valence-corrected chi connectivity index (χ2v) is 4.89. The van der Waals surface area contributed by atoms with Crippen LogP contribution in [-0.2, 0) is 0 Å². The maximum absolute atomic E-state index is 5.67. The van der Waals surface area contributed by atoms with E-state index in [1.165, 1.54) is 0 Å². The highest BCUT2D eigenvalue weighted by atomic mass is 16.5.